The molecule has 3 rings (SSSR count). The van der Waals surface area contributed by atoms with Crippen molar-refractivity contribution in [3.8, 4) is 11.3 Å². The van der Waals surface area contributed by atoms with E-state index < -0.39 is 17.6 Å². The lowest BCUT2D eigenvalue weighted by molar-refractivity contribution is -0.120. The Kier molecular flexibility index (Phi) is 5.56. The highest BCUT2D eigenvalue weighted by atomic mass is 35.5. The fourth-order valence-electron chi connectivity index (χ4n) is 2.44. The van der Waals surface area contributed by atoms with Crippen LogP contribution < -0.4 is 10.6 Å². The van der Waals surface area contributed by atoms with Gasteiger partial charge >= 0.3 is 0 Å². The van der Waals surface area contributed by atoms with E-state index in [9.17, 15) is 14.0 Å². The molecule has 27 heavy (non-hydrogen) atoms. The molecule has 140 valence electrons. The molecule has 0 bridgehead atoms. The molecule has 0 fully saturated rings. The van der Waals surface area contributed by atoms with Crippen LogP contribution in [0.4, 0.5) is 4.39 Å². The summed E-state index contributed by atoms with van der Waals surface area (Å²) in [4.78, 5) is 24.4. The Hall–Kier alpha value is -3.13. The fourth-order valence-corrected chi connectivity index (χ4v) is 2.70. The highest BCUT2D eigenvalue weighted by molar-refractivity contribution is 6.33. The number of nitrogens with zero attached hydrogens (tertiary/aromatic N) is 1. The Bertz CT molecular complexity index is 949. The summed E-state index contributed by atoms with van der Waals surface area (Å²) in [6.45, 7) is 1.43. The van der Waals surface area contributed by atoms with Gasteiger partial charge in [0.05, 0.1) is 29.9 Å². The SMILES string of the molecule is Cc1onc(-c2c(F)cccc2Cl)c1C(=O)NCC(=O)NCc1ccco1. The predicted octanol–water partition coefficient (Wildman–Crippen LogP) is 3.08. The van der Waals surface area contributed by atoms with Crippen LogP contribution in [0.15, 0.2) is 45.5 Å². The van der Waals surface area contributed by atoms with Crippen molar-refractivity contribution < 1.29 is 22.9 Å². The molecule has 0 unspecified atom stereocenters. The Morgan fingerprint density at radius 2 is 2.04 bits per heavy atom. The van der Waals surface area contributed by atoms with Gasteiger partial charge < -0.3 is 19.6 Å². The molecular formula is C18H15ClFN3O4. The van der Waals surface area contributed by atoms with Gasteiger partial charge in [0.2, 0.25) is 5.91 Å². The van der Waals surface area contributed by atoms with Gasteiger partial charge in [0.15, 0.2) is 0 Å². The lowest BCUT2D eigenvalue weighted by atomic mass is 10.0. The Morgan fingerprint density at radius 1 is 1.22 bits per heavy atom. The van der Waals surface area contributed by atoms with Crippen molar-refractivity contribution in [3.05, 3.63) is 64.5 Å². The smallest absolute Gasteiger partial charge is 0.257 e. The molecule has 3 aromatic rings. The van der Waals surface area contributed by atoms with Gasteiger partial charge in [0, 0.05) is 0 Å². The van der Waals surface area contributed by atoms with E-state index in [0.717, 1.165) is 0 Å². The lowest BCUT2D eigenvalue weighted by Gasteiger charge is -2.08. The highest BCUT2D eigenvalue weighted by Gasteiger charge is 2.25. The number of rotatable bonds is 6. The van der Waals surface area contributed by atoms with Crippen LogP contribution in [-0.4, -0.2) is 23.5 Å². The van der Waals surface area contributed by atoms with Crippen molar-refractivity contribution in [3.63, 3.8) is 0 Å². The number of halogens is 2. The molecule has 2 N–H and O–H groups in total. The van der Waals surface area contributed by atoms with Crippen molar-refractivity contribution in [1.82, 2.24) is 15.8 Å². The zero-order valence-corrected chi connectivity index (χ0v) is 15.0. The summed E-state index contributed by atoms with van der Waals surface area (Å²) in [6.07, 6.45) is 1.49. The molecule has 2 aromatic heterocycles. The summed E-state index contributed by atoms with van der Waals surface area (Å²) in [5, 5.41) is 8.90. The number of nitrogens with one attached hydrogen (secondary N) is 2. The normalized spacial score (nSPS) is 10.6. The molecule has 0 radical (unpaired) electrons. The number of aromatic nitrogens is 1. The molecule has 0 aliphatic rings. The average molecular weight is 392 g/mol. The largest absolute Gasteiger partial charge is 0.467 e. The van der Waals surface area contributed by atoms with Crippen LogP contribution in [-0.2, 0) is 11.3 Å². The third kappa shape index (κ3) is 4.17. The number of carbonyl (C=O) groups is 2. The number of amides is 2. The van der Waals surface area contributed by atoms with Crippen molar-refractivity contribution in [2.75, 3.05) is 6.54 Å². The van der Waals surface area contributed by atoms with Gasteiger partial charge in [-0.1, -0.05) is 22.8 Å². The molecular weight excluding hydrogens is 377 g/mol. The van der Waals surface area contributed by atoms with Crippen LogP contribution in [0.5, 0.6) is 0 Å². The fraction of sp³-hybridized carbons (Fsp3) is 0.167. The summed E-state index contributed by atoms with van der Waals surface area (Å²) in [6, 6.07) is 7.54. The zero-order valence-electron chi connectivity index (χ0n) is 14.2. The van der Waals surface area contributed by atoms with Crippen LogP contribution in [0.1, 0.15) is 21.9 Å². The Labute approximate surface area is 158 Å². The van der Waals surface area contributed by atoms with E-state index in [2.05, 4.69) is 15.8 Å². The average Bonchev–Trinajstić information content (AvgIpc) is 3.28. The van der Waals surface area contributed by atoms with E-state index in [-0.39, 0.29) is 40.7 Å². The van der Waals surface area contributed by atoms with Crippen molar-refractivity contribution in [2.45, 2.75) is 13.5 Å². The van der Waals surface area contributed by atoms with Crippen molar-refractivity contribution in [1.29, 1.82) is 0 Å². The molecule has 0 aliphatic carbocycles. The number of aryl methyl sites for hydroxylation is 1. The van der Waals surface area contributed by atoms with Crippen molar-refractivity contribution in [2.24, 2.45) is 0 Å². The second-order valence-electron chi connectivity index (χ2n) is 5.60. The Balaban J connectivity index is 1.70. The van der Waals surface area contributed by atoms with E-state index in [4.69, 9.17) is 20.5 Å². The van der Waals surface area contributed by atoms with Crippen LogP contribution >= 0.6 is 11.6 Å². The minimum atomic E-state index is -0.638. The maximum atomic E-state index is 14.2. The van der Waals surface area contributed by atoms with E-state index in [1.165, 1.54) is 31.4 Å². The highest BCUT2D eigenvalue weighted by Crippen LogP contribution is 2.33. The second-order valence-corrected chi connectivity index (χ2v) is 6.00. The van der Waals surface area contributed by atoms with Crippen LogP contribution in [0.2, 0.25) is 5.02 Å². The summed E-state index contributed by atoms with van der Waals surface area (Å²) in [5.41, 5.74) is -0.0478. The summed E-state index contributed by atoms with van der Waals surface area (Å²) in [5.74, 6) is -0.921. The second kappa shape index (κ2) is 8.05. The molecule has 1 aromatic carbocycles. The van der Waals surface area contributed by atoms with Gasteiger partial charge in [-0.15, -0.1) is 0 Å². The number of hydrogen-bond acceptors (Lipinski definition) is 5. The van der Waals surface area contributed by atoms with Gasteiger partial charge in [0.25, 0.3) is 5.91 Å². The minimum Gasteiger partial charge on any atom is -0.467 e. The number of benzene rings is 1. The first-order valence-corrected chi connectivity index (χ1v) is 8.33. The topological polar surface area (TPSA) is 97.4 Å². The van der Waals surface area contributed by atoms with Gasteiger partial charge in [0.1, 0.15) is 28.6 Å². The quantitative estimate of drug-likeness (QED) is 0.673. The number of hydrogen-bond donors (Lipinski definition) is 2. The lowest BCUT2D eigenvalue weighted by Crippen LogP contribution is -2.36. The van der Waals surface area contributed by atoms with E-state index in [1.807, 2.05) is 0 Å². The predicted molar refractivity (Wildman–Crippen MR) is 94.5 cm³/mol. The third-order valence-corrected chi connectivity index (χ3v) is 4.05. The molecule has 7 nitrogen and oxygen atoms in total. The summed E-state index contributed by atoms with van der Waals surface area (Å²) in [7, 11) is 0. The molecule has 0 aliphatic heterocycles. The monoisotopic (exact) mass is 391 g/mol. The van der Waals surface area contributed by atoms with E-state index >= 15 is 0 Å². The van der Waals surface area contributed by atoms with Gasteiger partial charge in [-0.3, -0.25) is 9.59 Å². The maximum absolute atomic E-state index is 14.2. The molecule has 0 spiro atoms. The minimum absolute atomic E-state index is 0.0147. The van der Waals surface area contributed by atoms with E-state index in [0.29, 0.717) is 5.76 Å². The Morgan fingerprint density at radius 3 is 2.74 bits per heavy atom. The molecule has 0 saturated carbocycles. The summed E-state index contributed by atoms with van der Waals surface area (Å²) >= 11 is 6.04. The standard InChI is InChI=1S/C18H15ClFN3O4/c1-10-15(17(23-27-10)16-12(19)5-2-6-13(16)20)18(25)22-9-14(24)21-8-11-4-3-7-26-11/h2-7H,8-9H2,1H3,(H,21,24)(H,22,25). The van der Waals surface area contributed by atoms with Crippen LogP contribution in [0, 0.1) is 12.7 Å². The molecule has 9 heteroatoms. The van der Waals surface area contributed by atoms with Crippen molar-refractivity contribution >= 4 is 23.4 Å². The number of furan rings is 1. The van der Waals surface area contributed by atoms with Crippen LogP contribution in [0.3, 0.4) is 0 Å². The van der Waals surface area contributed by atoms with Gasteiger partial charge in [-0.25, -0.2) is 4.39 Å². The zero-order chi connectivity index (χ0) is 19.4. The van der Waals surface area contributed by atoms with Gasteiger partial charge in [-0.05, 0) is 31.2 Å². The number of carbonyl (C=O) groups excluding carboxylic acids is 2. The van der Waals surface area contributed by atoms with Gasteiger partial charge in [-0.2, -0.15) is 0 Å². The first kappa shape index (κ1) is 18.7. The molecule has 2 heterocycles. The first-order valence-electron chi connectivity index (χ1n) is 7.95. The maximum Gasteiger partial charge on any atom is 0.257 e. The molecule has 2 amide bonds. The summed E-state index contributed by atoms with van der Waals surface area (Å²) < 4.78 is 24.3. The molecule has 0 atom stereocenters. The van der Waals surface area contributed by atoms with E-state index in [1.54, 1.807) is 12.1 Å². The molecule has 0 saturated heterocycles. The first-order chi connectivity index (χ1) is 13.0. The van der Waals surface area contributed by atoms with Crippen LogP contribution in [0.25, 0.3) is 11.3 Å². The third-order valence-electron chi connectivity index (χ3n) is 3.74.